The zero-order valence-electron chi connectivity index (χ0n) is 10.3. The van der Waals surface area contributed by atoms with E-state index >= 15 is 0 Å². The third-order valence-electron chi connectivity index (χ3n) is 2.83. The molecule has 0 saturated carbocycles. The lowest BCUT2D eigenvalue weighted by Gasteiger charge is -2.06. The van der Waals surface area contributed by atoms with E-state index in [1.807, 2.05) is 13.8 Å². The molecule has 2 rings (SSSR count). The van der Waals surface area contributed by atoms with Crippen LogP contribution in [-0.4, -0.2) is 5.16 Å². The van der Waals surface area contributed by atoms with Crippen LogP contribution in [0.2, 0.25) is 0 Å². The van der Waals surface area contributed by atoms with Crippen molar-refractivity contribution >= 4 is 0 Å². The van der Waals surface area contributed by atoms with Crippen LogP contribution >= 0.6 is 0 Å². The number of hydrogen-bond donors (Lipinski definition) is 1. The Balaban J connectivity index is 1.99. The number of nitrogens with zero attached hydrogens (tertiary/aromatic N) is 1. The molecule has 1 heterocycles. The first kappa shape index (κ1) is 12.7. The second-order valence-electron chi connectivity index (χ2n) is 4.12. The van der Waals surface area contributed by atoms with Crippen molar-refractivity contribution in [1.29, 1.82) is 0 Å². The van der Waals surface area contributed by atoms with Gasteiger partial charge in [0.25, 0.3) is 0 Å². The van der Waals surface area contributed by atoms with Gasteiger partial charge in [0.15, 0.2) is 11.6 Å². The molecular formula is C13H14F2N2O. The number of aromatic nitrogens is 1. The first-order valence-corrected chi connectivity index (χ1v) is 5.65. The molecule has 0 saturated heterocycles. The van der Waals surface area contributed by atoms with Crippen LogP contribution in [0.1, 0.15) is 22.6 Å². The van der Waals surface area contributed by atoms with E-state index in [9.17, 15) is 8.78 Å². The minimum atomic E-state index is -0.827. The molecule has 0 fully saturated rings. The third-order valence-corrected chi connectivity index (χ3v) is 2.83. The Morgan fingerprint density at radius 1 is 1.22 bits per heavy atom. The van der Waals surface area contributed by atoms with E-state index in [0.29, 0.717) is 12.1 Å². The number of nitrogens with one attached hydrogen (secondary N) is 1. The van der Waals surface area contributed by atoms with Gasteiger partial charge in [0.05, 0.1) is 5.69 Å². The van der Waals surface area contributed by atoms with Crippen LogP contribution in [0.25, 0.3) is 0 Å². The van der Waals surface area contributed by atoms with Crippen molar-refractivity contribution < 1.29 is 13.3 Å². The molecule has 5 heteroatoms. The Labute approximate surface area is 104 Å². The van der Waals surface area contributed by atoms with Crippen molar-refractivity contribution in [2.24, 2.45) is 0 Å². The molecule has 0 aliphatic carbocycles. The normalized spacial score (nSPS) is 10.9. The minimum Gasteiger partial charge on any atom is -0.361 e. The van der Waals surface area contributed by atoms with Crippen LogP contribution in [0.4, 0.5) is 8.78 Å². The van der Waals surface area contributed by atoms with Gasteiger partial charge in [-0.2, -0.15) is 0 Å². The van der Waals surface area contributed by atoms with Crippen LogP contribution < -0.4 is 5.32 Å². The number of halogens is 2. The maximum Gasteiger partial charge on any atom is 0.163 e. The average molecular weight is 252 g/mol. The van der Waals surface area contributed by atoms with Crippen LogP contribution in [0.15, 0.2) is 22.7 Å². The Hall–Kier alpha value is -1.75. The number of benzene rings is 1. The van der Waals surface area contributed by atoms with E-state index < -0.39 is 11.6 Å². The van der Waals surface area contributed by atoms with Gasteiger partial charge in [-0.15, -0.1) is 0 Å². The van der Waals surface area contributed by atoms with Gasteiger partial charge < -0.3 is 9.84 Å². The second kappa shape index (κ2) is 5.27. The summed E-state index contributed by atoms with van der Waals surface area (Å²) < 4.78 is 31.4. The molecule has 3 nitrogen and oxygen atoms in total. The predicted molar refractivity (Wildman–Crippen MR) is 62.9 cm³/mol. The predicted octanol–water partition coefficient (Wildman–Crippen LogP) is 2.86. The van der Waals surface area contributed by atoms with Gasteiger partial charge >= 0.3 is 0 Å². The lowest BCUT2D eigenvalue weighted by Crippen LogP contribution is -2.15. The highest BCUT2D eigenvalue weighted by atomic mass is 19.2. The Bertz CT molecular complexity index is 532. The molecule has 1 aromatic carbocycles. The minimum absolute atomic E-state index is 0.258. The molecule has 0 spiro atoms. The lowest BCUT2D eigenvalue weighted by molar-refractivity contribution is 0.391. The van der Waals surface area contributed by atoms with E-state index in [1.165, 1.54) is 6.07 Å². The molecule has 0 atom stereocenters. The zero-order chi connectivity index (χ0) is 13.1. The highest BCUT2D eigenvalue weighted by Gasteiger charge is 2.10. The van der Waals surface area contributed by atoms with E-state index in [4.69, 9.17) is 4.52 Å². The molecule has 0 aliphatic heterocycles. The fourth-order valence-corrected chi connectivity index (χ4v) is 1.76. The zero-order valence-corrected chi connectivity index (χ0v) is 10.3. The van der Waals surface area contributed by atoms with Crippen LogP contribution in [0, 0.1) is 25.5 Å². The second-order valence-corrected chi connectivity index (χ2v) is 4.12. The molecule has 0 unspecified atom stereocenters. The molecule has 1 aromatic heterocycles. The van der Waals surface area contributed by atoms with Crippen LogP contribution in [0.5, 0.6) is 0 Å². The monoisotopic (exact) mass is 252 g/mol. The maximum atomic E-state index is 13.4. The molecule has 0 aliphatic rings. The summed E-state index contributed by atoms with van der Waals surface area (Å²) in [5.74, 6) is -0.893. The molecule has 0 amide bonds. The molecular weight excluding hydrogens is 238 g/mol. The summed E-state index contributed by atoms with van der Waals surface area (Å²) in [5, 5.41) is 6.87. The van der Waals surface area contributed by atoms with Crippen molar-refractivity contribution in [1.82, 2.24) is 10.5 Å². The van der Waals surface area contributed by atoms with Gasteiger partial charge in [-0.3, -0.25) is 0 Å². The van der Waals surface area contributed by atoms with Gasteiger partial charge in [0, 0.05) is 24.2 Å². The number of rotatable bonds is 4. The molecule has 0 radical (unpaired) electrons. The molecule has 18 heavy (non-hydrogen) atoms. The molecule has 96 valence electrons. The van der Waals surface area contributed by atoms with Gasteiger partial charge in [-0.05, 0) is 19.9 Å². The Morgan fingerprint density at radius 3 is 2.67 bits per heavy atom. The van der Waals surface area contributed by atoms with Gasteiger partial charge in [-0.1, -0.05) is 17.3 Å². The quantitative estimate of drug-likeness (QED) is 0.909. The summed E-state index contributed by atoms with van der Waals surface area (Å²) in [6.45, 7) is 4.43. The molecule has 0 bridgehead atoms. The lowest BCUT2D eigenvalue weighted by atomic mass is 10.2. The highest BCUT2D eigenvalue weighted by molar-refractivity contribution is 5.22. The fourth-order valence-electron chi connectivity index (χ4n) is 1.76. The third kappa shape index (κ3) is 2.56. The van der Waals surface area contributed by atoms with Crippen molar-refractivity contribution in [3.63, 3.8) is 0 Å². The first-order valence-electron chi connectivity index (χ1n) is 5.65. The van der Waals surface area contributed by atoms with E-state index in [1.54, 1.807) is 6.07 Å². The first-order chi connectivity index (χ1) is 8.59. The van der Waals surface area contributed by atoms with Crippen molar-refractivity contribution in [3.8, 4) is 0 Å². The van der Waals surface area contributed by atoms with Crippen LogP contribution in [0.3, 0.4) is 0 Å². The molecule has 1 N–H and O–H groups in total. The Kier molecular flexibility index (Phi) is 3.72. The number of hydrogen-bond acceptors (Lipinski definition) is 3. The summed E-state index contributed by atoms with van der Waals surface area (Å²) in [6.07, 6.45) is 0. The summed E-state index contributed by atoms with van der Waals surface area (Å²) in [4.78, 5) is 0. The standard InChI is InChI=1S/C13H14F2N2O/c1-8-11(9(2)18-17-8)7-16-6-10-4-3-5-12(14)13(10)15/h3-5,16H,6-7H2,1-2H3. The fraction of sp³-hybridized carbons (Fsp3) is 0.308. The highest BCUT2D eigenvalue weighted by Crippen LogP contribution is 2.13. The average Bonchev–Trinajstić information content (AvgIpc) is 2.66. The van der Waals surface area contributed by atoms with E-state index in [2.05, 4.69) is 10.5 Å². The summed E-state index contributed by atoms with van der Waals surface area (Å²) in [6, 6.07) is 4.15. The van der Waals surface area contributed by atoms with Gasteiger partial charge in [0.1, 0.15) is 5.76 Å². The van der Waals surface area contributed by atoms with Crippen molar-refractivity contribution in [2.45, 2.75) is 26.9 Å². The summed E-state index contributed by atoms with van der Waals surface area (Å²) in [5.41, 5.74) is 2.06. The topological polar surface area (TPSA) is 38.1 Å². The Morgan fingerprint density at radius 2 is 2.00 bits per heavy atom. The van der Waals surface area contributed by atoms with Gasteiger partial charge in [-0.25, -0.2) is 8.78 Å². The SMILES string of the molecule is Cc1noc(C)c1CNCc1cccc(F)c1F. The van der Waals surface area contributed by atoms with Crippen LogP contribution in [-0.2, 0) is 13.1 Å². The maximum absolute atomic E-state index is 13.4. The van der Waals surface area contributed by atoms with Crippen molar-refractivity contribution in [3.05, 3.63) is 52.4 Å². The van der Waals surface area contributed by atoms with Gasteiger partial charge in [0.2, 0.25) is 0 Å². The van der Waals surface area contributed by atoms with Crippen molar-refractivity contribution in [2.75, 3.05) is 0 Å². The van der Waals surface area contributed by atoms with E-state index in [0.717, 1.165) is 23.1 Å². The van der Waals surface area contributed by atoms with E-state index in [-0.39, 0.29) is 6.54 Å². The largest absolute Gasteiger partial charge is 0.361 e. The molecule has 2 aromatic rings. The smallest absolute Gasteiger partial charge is 0.163 e. The summed E-state index contributed by atoms with van der Waals surface area (Å²) >= 11 is 0. The summed E-state index contributed by atoms with van der Waals surface area (Å²) in [7, 11) is 0. The number of aryl methyl sites for hydroxylation is 2.